The number of carbonyl (C=O) groups is 1. The third kappa shape index (κ3) is 3.36. The molecule has 0 aliphatic carbocycles. The van der Waals surface area contributed by atoms with Crippen LogP contribution in [-0.2, 0) is 6.42 Å². The molecule has 5 heteroatoms. The van der Waals surface area contributed by atoms with E-state index in [1.54, 1.807) is 6.07 Å². The Hall–Kier alpha value is -1.88. The first kappa shape index (κ1) is 14.5. The van der Waals surface area contributed by atoms with Crippen LogP contribution in [0.3, 0.4) is 0 Å². The lowest BCUT2D eigenvalue weighted by Gasteiger charge is -2.10. The Morgan fingerprint density at radius 2 is 2.10 bits per heavy atom. The number of nitrogens with zero attached hydrogens (tertiary/aromatic N) is 1. The molecule has 2 rings (SSSR count). The number of aromatic nitrogens is 1. The first-order valence-electron chi connectivity index (χ1n) is 6.18. The van der Waals surface area contributed by atoms with Gasteiger partial charge in [0.2, 0.25) is 5.88 Å². The monoisotopic (exact) mass is 335 g/mol. The number of carboxylic acids is 1. The van der Waals surface area contributed by atoms with Crippen LogP contribution in [0.4, 0.5) is 0 Å². The average Bonchev–Trinajstić information content (AvgIpc) is 2.42. The van der Waals surface area contributed by atoms with Crippen molar-refractivity contribution in [1.29, 1.82) is 0 Å². The van der Waals surface area contributed by atoms with Gasteiger partial charge in [-0.1, -0.05) is 28.9 Å². The number of hydrogen-bond acceptors (Lipinski definition) is 3. The van der Waals surface area contributed by atoms with Gasteiger partial charge >= 0.3 is 5.97 Å². The number of aromatic carboxylic acids is 1. The number of hydrogen-bond donors (Lipinski definition) is 1. The summed E-state index contributed by atoms with van der Waals surface area (Å²) in [6.07, 6.45) is 0.648. The smallest absolute Gasteiger partial charge is 0.335 e. The summed E-state index contributed by atoms with van der Waals surface area (Å²) in [5.74, 6) is -0.0441. The molecule has 20 heavy (non-hydrogen) atoms. The molecule has 0 radical (unpaired) electrons. The SMILES string of the molecule is CCc1cc(C(=O)O)cc(Oc2cc(Br)ccc2C)n1. The Labute approximate surface area is 125 Å². The maximum atomic E-state index is 11.1. The molecule has 1 aromatic carbocycles. The van der Waals surface area contributed by atoms with Gasteiger partial charge in [0.05, 0.1) is 5.56 Å². The fourth-order valence-corrected chi connectivity index (χ4v) is 2.05. The number of ether oxygens (including phenoxy) is 1. The second-order valence-electron chi connectivity index (χ2n) is 4.36. The number of carboxylic acid groups (broad SMARTS) is 1. The highest BCUT2D eigenvalue weighted by molar-refractivity contribution is 9.10. The van der Waals surface area contributed by atoms with E-state index >= 15 is 0 Å². The Kier molecular flexibility index (Phi) is 4.39. The van der Waals surface area contributed by atoms with Crippen LogP contribution >= 0.6 is 15.9 Å². The summed E-state index contributed by atoms with van der Waals surface area (Å²) >= 11 is 3.38. The normalized spacial score (nSPS) is 10.3. The van der Waals surface area contributed by atoms with Crippen LogP contribution in [0.5, 0.6) is 11.6 Å². The van der Waals surface area contributed by atoms with Crippen molar-refractivity contribution in [3.8, 4) is 11.6 Å². The zero-order valence-corrected chi connectivity index (χ0v) is 12.8. The van der Waals surface area contributed by atoms with Gasteiger partial charge in [-0.2, -0.15) is 0 Å². The lowest BCUT2D eigenvalue weighted by atomic mass is 10.2. The second-order valence-corrected chi connectivity index (χ2v) is 5.27. The second kappa shape index (κ2) is 6.05. The lowest BCUT2D eigenvalue weighted by molar-refractivity contribution is 0.0696. The third-order valence-corrected chi connectivity index (χ3v) is 3.32. The molecular weight excluding hydrogens is 322 g/mol. The van der Waals surface area contributed by atoms with Crippen molar-refractivity contribution < 1.29 is 14.6 Å². The van der Waals surface area contributed by atoms with Gasteiger partial charge in [0.15, 0.2) is 0 Å². The van der Waals surface area contributed by atoms with E-state index in [1.165, 1.54) is 6.07 Å². The highest BCUT2D eigenvalue weighted by Crippen LogP contribution is 2.28. The predicted octanol–water partition coefficient (Wildman–Crippen LogP) is 4.21. The van der Waals surface area contributed by atoms with Crippen molar-refractivity contribution in [2.24, 2.45) is 0 Å². The van der Waals surface area contributed by atoms with E-state index in [4.69, 9.17) is 9.84 Å². The molecule has 0 atom stereocenters. The molecule has 0 aliphatic heterocycles. The number of benzene rings is 1. The van der Waals surface area contributed by atoms with Crippen LogP contribution in [0.25, 0.3) is 0 Å². The van der Waals surface area contributed by atoms with Gasteiger partial charge in [-0.15, -0.1) is 0 Å². The minimum atomic E-state index is -0.988. The van der Waals surface area contributed by atoms with E-state index in [1.807, 2.05) is 32.0 Å². The maximum Gasteiger partial charge on any atom is 0.335 e. The molecule has 104 valence electrons. The van der Waals surface area contributed by atoms with Crippen LogP contribution in [0.15, 0.2) is 34.8 Å². The molecule has 0 saturated heterocycles. The van der Waals surface area contributed by atoms with Gasteiger partial charge in [0.1, 0.15) is 5.75 Å². The van der Waals surface area contributed by atoms with E-state index in [-0.39, 0.29) is 5.56 Å². The minimum absolute atomic E-state index is 0.180. The molecule has 0 unspecified atom stereocenters. The molecular formula is C15H14BrNO3. The van der Waals surface area contributed by atoms with E-state index in [0.29, 0.717) is 23.7 Å². The van der Waals surface area contributed by atoms with Gasteiger partial charge in [-0.25, -0.2) is 9.78 Å². The number of halogens is 1. The lowest BCUT2D eigenvalue weighted by Crippen LogP contribution is -2.01. The molecule has 0 bridgehead atoms. The zero-order chi connectivity index (χ0) is 14.7. The Morgan fingerprint density at radius 3 is 2.75 bits per heavy atom. The van der Waals surface area contributed by atoms with Gasteiger partial charge in [0, 0.05) is 16.2 Å². The topological polar surface area (TPSA) is 59.4 Å². The summed E-state index contributed by atoms with van der Waals surface area (Å²) in [6, 6.07) is 8.66. The fraction of sp³-hybridized carbons (Fsp3) is 0.200. The molecule has 0 spiro atoms. The number of pyridine rings is 1. The van der Waals surface area contributed by atoms with Crippen LogP contribution in [-0.4, -0.2) is 16.1 Å². The van der Waals surface area contributed by atoms with Crippen molar-refractivity contribution in [3.05, 3.63) is 51.6 Å². The van der Waals surface area contributed by atoms with Crippen molar-refractivity contribution in [1.82, 2.24) is 4.98 Å². The van der Waals surface area contributed by atoms with E-state index in [2.05, 4.69) is 20.9 Å². The third-order valence-electron chi connectivity index (χ3n) is 2.83. The Morgan fingerprint density at radius 1 is 1.35 bits per heavy atom. The van der Waals surface area contributed by atoms with Crippen LogP contribution in [0, 0.1) is 6.92 Å². The van der Waals surface area contributed by atoms with Crippen molar-refractivity contribution >= 4 is 21.9 Å². The summed E-state index contributed by atoms with van der Waals surface area (Å²) in [4.78, 5) is 15.4. The highest BCUT2D eigenvalue weighted by Gasteiger charge is 2.10. The zero-order valence-electron chi connectivity index (χ0n) is 11.2. The van der Waals surface area contributed by atoms with Crippen molar-refractivity contribution in [2.45, 2.75) is 20.3 Å². The van der Waals surface area contributed by atoms with Gasteiger partial charge in [0.25, 0.3) is 0 Å². The van der Waals surface area contributed by atoms with Gasteiger partial charge in [-0.05, 0) is 37.1 Å². The molecule has 1 N–H and O–H groups in total. The summed E-state index contributed by atoms with van der Waals surface area (Å²) in [5.41, 5.74) is 1.82. The maximum absolute atomic E-state index is 11.1. The van der Waals surface area contributed by atoms with Gasteiger partial charge in [-0.3, -0.25) is 0 Å². The molecule has 1 aromatic heterocycles. The highest BCUT2D eigenvalue weighted by atomic mass is 79.9. The standard InChI is InChI=1S/C15H14BrNO3/c1-3-12-6-10(15(18)19)7-14(17-12)20-13-8-11(16)5-4-9(13)2/h4-8H,3H2,1-2H3,(H,18,19). The van der Waals surface area contributed by atoms with E-state index in [9.17, 15) is 4.79 Å². The molecule has 0 aliphatic rings. The Balaban J connectivity index is 2.39. The summed E-state index contributed by atoms with van der Waals surface area (Å²) in [7, 11) is 0. The summed E-state index contributed by atoms with van der Waals surface area (Å²) in [5, 5.41) is 9.10. The quantitative estimate of drug-likeness (QED) is 0.909. The van der Waals surface area contributed by atoms with Crippen LogP contribution in [0.1, 0.15) is 28.5 Å². The summed E-state index contributed by atoms with van der Waals surface area (Å²) in [6.45, 7) is 3.84. The number of aryl methyl sites for hydroxylation is 2. The largest absolute Gasteiger partial charge is 0.478 e. The molecule has 4 nitrogen and oxygen atoms in total. The first-order valence-corrected chi connectivity index (χ1v) is 6.97. The van der Waals surface area contributed by atoms with Crippen LogP contribution < -0.4 is 4.74 Å². The molecule has 0 amide bonds. The van der Waals surface area contributed by atoms with Crippen LogP contribution in [0.2, 0.25) is 0 Å². The summed E-state index contributed by atoms with van der Waals surface area (Å²) < 4.78 is 6.61. The fourth-order valence-electron chi connectivity index (χ4n) is 1.71. The van der Waals surface area contributed by atoms with Crippen molar-refractivity contribution in [3.63, 3.8) is 0 Å². The molecule has 0 fully saturated rings. The average molecular weight is 336 g/mol. The Bertz CT molecular complexity index is 656. The first-order chi connectivity index (χ1) is 9.49. The van der Waals surface area contributed by atoms with Gasteiger partial charge < -0.3 is 9.84 Å². The number of rotatable bonds is 4. The molecule has 1 heterocycles. The van der Waals surface area contributed by atoms with E-state index in [0.717, 1.165) is 10.0 Å². The van der Waals surface area contributed by atoms with E-state index < -0.39 is 5.97 Å². The molecule has 2 aromatic rings. The minimum Gasteiger partial charge on any atom is -0.478 e. The predicted molar refractivity (Wildman–Crippen MR) is 79.5 cm³/mol. The van der Waals surface area contributed by atoms with Crippen molar-refractivity contribution in [2.75, 3.05) is 0 Å². The molecule has 0 saturated carbocycles.